The maximum absolute atomic E-state index is 13.2. The molecule has 1 aromatic heterocycles. The van der Waals surface area contributed by atoms with Crippen LogP contribution in [-0.4, -0.2) is 0 Å². The Morgan fingerprint density at radius 3 is 2.42 bits per heavy atom. The van der Waals surface area contributed by atoms with Crippen LogP contribution in [0.2, 0.25) is 0 Å². The zero-order valence-electron chi connectivity index (χ0n) is 9.34. The SMILES string of the molecule is NC(c1cc(F)ccc1C(F)(F)F)c1occc1Br. The molecule has 0 aliphatic heterocycles. The number of furan rings is 1. The average molecular weight is 338 g/mol. The van der Waals surface area contributed by atoms with Crippen LogP contribution < -0.4 is 5.73 Å². The lowest BCUT2D eigenvalue weighted by Gasteiger charge is -2.17. The molecule has 0 spiro atoms. The molecule has 1 atom stereocenters. The highest BCUT2D eigenvalue weighted by atomic mass is 79.9. The predicted molar refractivity (Wildman–Crippen MR) is 63.8 cm³/mol. The van der Waals surface area contributed by atoms with Gasteiger partial charge in [0.2, 0.25) is 0 Å². The van der Waals surface area contributed by atoms with Gasteiger partial charge in [0.15, 0.2) is 0 Å². The summed E-state index contributed by atoms with van der Waals surface area (Å²) in [4.78, 5) is 0. The van der Waals surface area contributed by atoms with E-state index in [0.717, 1.165) is 12.1 Å². The molecule has 1 unspecified atom stereocenters. The third-order valence-electron chi connectivity index (χ3n) is 2.58. The summed E-state index contributed by atoms with van der Waals surface area (Å²) in [5.41, 5.74) is 4.38. The van der Waals surface area contributed by atoms with E-state index in [1.54, 1.807) is 0 Å². The summed E-state index contributed by atoms with van der Waals surface area (Å²) < 4.78 is 57.2. The Morgan fingerprint density at radius 2 is 1.89 bits per heavy atom. The third-order valence-corrected chi connectivity index (χ3v) is 3.24. The van der Waals surface area contributed by atoms with Crippen LogP contribution in [0, 0.1) is 5.82 Å². The standard InChI is InChI=1S/C12H8BrF4NO/c13-9-3-4-19-11(9)10(18)7-5-6(14)1-2-8(7)12(15,16)17/h1-5,10H,18H2. The maximum Gasteiger partial charge on any atom is 0.416 e. The second-order valence-electron chi connectivity index (χ2n) is 3.84. The van der Waals surface area contributed by atoms with Crippen LogP contribution in [0.5, 0.6) is 0 Å². The van der Waals surface area contributed by atoms with Crippen LogP contribution >= 0.6 is 15.9 Å². The van der Waals surface area contributed by atoms with Gasteiger partial charge in [0.25, 0.3) is 0 Å². The first kappa shape index (κ1) is 14.1. The fourth-order valence-corrected chi connectivity index (χ4v) is 2.17. The number of nitrogens with two attached hydrogens (primary N) is 1. The Balaban J connectivity index is 2.55. The molecule has 0 saturated carbocycles. The van der Waals surface area contributed by atoms with Gasteiger partial charge in [0.05, 0.1) is 22.3 Å². The first-order chi connectivity index (χ1) is 8.80. The van der Waals surface area contributed by atoms with E-state index in [2.05, 4.69) is 15.9 Å². The topological polar surface area (TPSA) is 39.2 Å². The fraction of sp³-hybridized carbons (Fsp3) is 0.167. The van der Waals surface area contributed by atoms with Crippen LogP contribution in [0.3, 0.4) is 0 Å². The minimum Gasteiger partial charge on any atom is -0.466 e. The Labute approximate surface area is 114 Å². The van der Waals surface area contributed by atoms with Crippen molar-refractivity contribution in [2.24, 2.45) is 5.73 Å². The van der Waals surface area contributed by atoms with Gasteiger partial charge >= 0.3 is 6.18 Å². The molecule has 2 rings (SSSR count). The molecule has 102 valence electrons. The molecule has 0 fully saturated rings. The second kappa shape index (κ2) is 4.97. The molecule has 0 radical (unpaired) electrons. The molecule has 2 N–H and O–H groups in total. The second-order valence-corrected chi connectivity index (χ2v) is 4.69. The van der Waals surface area contributed by atoms with Crippen molar-refractivity contribution in [3.8, 4) is 0 Å². The summed E-state index contributed by atoms with van der Waals surface area (Å²) in [6.07, 6.45) is -3.33. The molecular formula is C12H8BrF4NO. The summed E-state index contributed by atoms with van der Waals surface area (Å²) in [5.74, 6) is -0.683. The third kappa shape index (κ3) is 2.82. The smallest absolute Gasteiger partial charge is 0.416 e. The molecule has 2 nitrogen and oxygen atoms in total. The Morgan fingerprint density at radius 1 is 1.21 bits per heavy atom. The highest BCUT2D eigenvalue weighted by Gasteiger charge is 2.36. The molecule has 0 aliphatic carbocycles. The van der Waals surface area contributed by atoms with Crippen LogP contribution in [0.25, 0.3) is 0 Å². The van der Waals surface area contributed by atoms with E-state index >= 15 is 0 Å². The summed E-state index contributed by atoms with van der Waals surface area (Å²) in [6, 6.07) is 2.47. The van der Waals surface area contributed by atoms with Crippen molar-refractivity contribution in [3.63, 3.8) is 0 Å². The molecule has 1 heterocycles. The quantitative estimate of drug-likeness (QED) is 0.832. The molecule has 0 aliphatic rings. The van der Waals surface area contributed by atoms with Crippen molar-refractivity contribution in [2.75, 3.05) is 0 Å². The van der Waals surface area contributed by atoms with Gasteiger partial charge < -0.3 is 10.2 Å². The van der Waals surface area contributed by atoms with E-state index in [4.69, 9.17) is 10.2 Å². The number of benzene rings is 1. The van der Waals surface area contributed by atoms with Gasteiger partial charge in [-0.15, -0.1) is 0 Å². The first-order valence-corrected chi connectivity index (χ1v) is 5.95. The van der Waals surface area contributed by atoms with Gasteiger partial charge in [-0.1, -0.05) is 0 Å². The molecule has 0 amide bonds. The maximum atomic E-state index is 13.2. The van der Waals surface area contributed by atoms with E-state index < -0.39 is 23.6 Å². The van der Waals surface area contributed by atoms with Gasteiger partial charge in [0, 0.05) is 0 Å². The van der Waals surface area contributed by atoms with Crippen molar-refractivity contribution in [1.82, 2.24) is 0 Å². The van der Waals surface area contributed by atoms with Crippen molar-refractivity contribution < 1.29 is 22.0 Å². The van der Waals surface area contributed by atoms with Crippen LogP contribution in [0.4, 0.5) is 17.6 Å². The summed E-state index contributed by atoms with van der Waals surface area (Å²) in [7, 11) is 0. The molecule has 1 aromatic carbocycles. The van der Waals surface area contributed by atoms with Crippen molar-refractivity contribution in [2.45, 2.75) is 12.2 Å². The zero-order chi connectivity index (χ0) is 14.2. The van der Waals surface area contributed by atoms with Gasteiger partial charge in [-0.25, -0.2) is 4.39 Å². The number of halogens is 5. The highest BCUT2D eigenvalue weighted by Crippen LogP contribution is 2.37. The van der Waals surface area contributed by atoms with Gasteiger partial charge in [-0.05, 0) is 45.8 Å². The van der Waals surface area contributed by atoms with Crippen molar-refractivity contribution >= 4 is 15.9 Å². The minimum absolute atomic E-state index is 0.108. The van der Waals surface area contributed by atoms with E-state index in [0.29, 0.717) is 10.5 Å². The predicted octanol–water partition coefficient (Wildman–Crippen LogP) is 4.25. The Hall–Kier alpha value is -1.34. The van der Waals surface area contributed by atoms with Gasteiger partial charge in [-0.2, -0.15) is 13.2 Å². The van der Waals surface area contributed by atoms with Crippen molar-refractivity contribution in [1.29, 1.82) is 0 Å². The lowest BCUT2D eigenvalue weighted by atomic mass is 9.98. The molecule has 7 heteroatoms. The molecule has 19 heavy (non-hydrogen) atoms. The average Bonchev–Trinajstić information content (AvgIpc) is 2.72. The van der Waals surface area contributed by atoms with Gasteiger partial charge in [0.1, 0.15) is 11.6 Å². The Bertz CT molecular complexity index is 594. The van der Waals surface area contributed by atoms with Crippen LogP contribution in [-0.2, 0) is 6.18 Å². The number of hydrogen-bond acceptors (Lipinski definition) is 2. The largest absolute Gasteiger partial charge is 0.466 e. The summed E-state index contributed by atoms with van der Waals surface area (Å²) >= 11 is 3.11. The molecular weight excluding hydrogens is 330 g/mol. The van der Waals surface area contributed by atoms with Crippen LogP contribution in [0.1, 0.15) is 22.9 Å². The number of rotatable bonds is 2. The monoisotopic (exact) mass is 337 g/mol. The van der Waals surface area contributed by atoms with Crippen LogP contribution in [0.15, 0.2) is 39.4 Å². The minimum atomic E-state index is -4.61. The van der Waals surface area contributed by atoms with E-state index in [1.807, 2.05) is 0 Å². The van der Waals surface area contributed by atoms with E-state index in [1.165, 1.54) is 12.3 Å². The number of alkyl halides is 3. The Kier molecular flexibility index (Phi) is 3.69. The van der Waals surface area contributed by atoms with Gasteiger partial charge in [-0.3, -0.25) is 0 Å². The summed E-state index contributed by atoms with van der Waals surface area (Å²) in [5, 5.41) is 0. The number of hydrogen-bond donors (Lipinski definition) is 1. The highest BCUT2D eigenvalue weighted by molar-refractivity contribution is 9.10. The molecule has 0 saturated heterocycles. The van der Waals surface area contributed by atoms with E-state index in [9.17, 15) is 17.6 Å². The fourth-order valence-electron chi connectivity index (χ4n) is 1.72. The zero-order valence-corrected chi connectivity index (χ0v) is 10.9. The normalized spacial score (nSPS) is 13.6. The van der Waals surface area contributed by atoms with Crippen molar-refractivity contribution in [3.05, 3.63) is 57.7 Å². The lowest BCUT2D eigenvalue weighted by Crippen LogP contribution is -2.18. The summed E-state index contributed by atoms with van der Waals surface area (Å²) in [6.45, 7) is 0. The van der Waals surface area contributed by atoms with E-state index in [-0.39, 0.29) is 11.3 Å². The lowest BCUT2D eigenvalue weighted by molar-refractivity contribution is -0.138. The first-order valence-electron chi connectivity index (χ1n) is 5.16. The molecule has 2 aromatic rings. The molecule has 0 bridgehead atoms.